The van der Waals surface area contributed by atoms with Crippen molar-refractivity contribution in [2.75, 3.05) is 18.9 Å². The van der Waals surface area contributed by atoms with E-state index in [1.807, 2.05) is 7.05 Å². The molecule has 2 N–H and O–H groups in total. The SMILES string of the molecule is CNc1n[nH]c2c1CN(Cc1ccccc1)CC2. The van der Waals surface area contributed by atoms with Gasteiger partial charge in [0.05, 0.1) is 0 Å². The molecule has 1 aliphatic rings. The number of anilines is 1. The first-order valence-electron chi connectivity index (χ1n) is 6.37. The van der Waals surface area contributed by atoms with Crippen LogP contribution >= 0.6 is 0 Å². The third-order valence-electron chi connectivity index (χ3n) is 3.50. The number of H-pyrrole nitrogens is 1. The summed E-state index contributed by atoms with van der Waals surface area (Å²) in [5, 5.41) is 10.6. The standard InChI is InChI=1S/C14H18N4/c1-15-14-12-10-18(8-7-13(12)16-17-14)9-11-5-3-2-4-6-11/h2-6H,7-10H2,1H3,(H2,15,16,17). The fourth-order valence-electron chi connectivity index (χ4n) is 2.53. The molecule has 0 aliphatic carbocycles. The smallest absolute Gasteiger partial charge is 0.152 e. The lowest BCUT2D eigenvalue weighted by atomic mass is 10.1. The number of fused-ring (bicyclic) bond motifs is 1. The zero-order valence-corrected chi connectivity index (χ0v) is 10.6. The van der Waals surface area contributed by atoms with Crippen molar-refractivity contribution in [2.24, 2.45) is 0 Å². The van der Waals surface area contributed by atoms with Crippen LogP contribution in [0.15, 0.2) is 30.3 Å². The van der Waals surface area contributed by atoms with Gasteiger partial charge in [0, 0.05) is 44.4 Å². The first-order valence-corrected chi connectivity index (χ1v) is 6.37. The molecule has 0 spiro atoms. The van der Waals surface area contributed by atoms with Gasteiger partial charge in [-0.25, -0.2) is 0 Å². The van der Waals surface area contributed by atoms with Crippen LogP contribution in [0.3, 0.4) is 0 Å². The van der Waals surface area contributed by atoms with Crippen molar-refractivity contribution < 1.29 is 0 Å². The van der Waals surface area contributed by atoms with E-state index >= 15 is 0 Å². The molecule has 1 aromatic heterocycles. The molecule has 4 nitrogen and oxygen atoms in total. The summed E-state index contributed by atoms with van der Waals surface area (Å²) in [6.07, 6.45) is 1.05. The molecule has 4 heteroatoms. The van der Waals surface area contributed by atoms with Gasteiger partial charge in [0.2, 0.25) is 0 Å². The van der Waals surface area contributed by atoms with E-state index in [-0.39, 0.29) is 0 Å². The Labute approximate surface area is 107 Å². The fraction of sp³-hybridized carbons (Fsp3) is 0.357. The van der Waals surface area contributed by atoms with Crippen molar-refractivity contribution in [3.8, 4) is 0 Å². The largest absolute Gasteiger partial charge is 0.371 e. The normalized spacial score (nSPS) is 15.4. The van der Waals surface area contributed by atoms with Gasteiger partial charge >= 0.3 is 0 Å². The van der Waals surface area contributed by atoms with Gasteiger partial charge in [-0.3, -0.25) is 10.00 Å². The second kappa shape index (κ2) is 4.82. The molecule has 2 heterocycles. The molecule has 0 unspecified atom stereocenters. The van der Waals surface area contributed by atoms with E-state index in [2.05, 4.69) is 50.7 Å². The van der Waals surface area contributed by atoms with Crippen molar-refractivity contribution in [1.82, 2.24) is 15.1 Å². The average molecular weight is 242 g/mol. The maximum absolute atomic E-state index is 4.30. The van der Waals surface area contributed by atoms with Gasteiger partial charge < -0.3 is 5.32 Å². The van der Waals surface area contributed by atoms with Crippen molar-refractivity contribution in [2.45, 2.75) is 19.5 Å². The first-order chi connectivity index (χ1) is 8.86. The molecule has 0 atom stereocenters. The van der Waals surface area contributed by atoms with Gasteiger partial charge in [-0.2, -0.15) is 5.10 Å². The van der Waals surface area contributed by atoms with Gasteiger partial charge in [0.15, 0.2) is 5.82 Å². The minimum Gasteiger partial charge on any atom is -0.371 e. The summed E-state index contributed by atoms with van der Waals surface area (Å²) in [4.78, 5) is 2.47. The minimum atomic E-state index is 0.969. The van der Waals surface area contributed by atoms with Crippen LogP contribution in [0.1, 0.15) is 16.8 Å². The second-order valence-electron chi connectivity index (χ2n) is 4.73. The summed E-state index contributed by atoms with van der Waals surface area (Å²) >= 11 is 0. The van der Waals surface area contributed by atoms with Crippen LogP contribution in [0.2, 0.25) is 0 Å². The Hall–Kier alpha value is -1.81. The predicted octanol–water partition coefficient (Wildman–Crippen LogP) is 2.01. The Morgan fingerprint density at radius 3 is 2.94 bits per heavy atom. The molecule has 3 rings (SSSR count). The number of hydrogen-bond acceptors (Lipinski definition) is 3. The predicted molar refractivity (Wildman–Crippen MR) is 72.4 cm³/mol. The van der Waals surface area contributed by atoms with Crippen LogP contribution in [-0.2, 0) is 19.5 Å². The molecule has 18 heavy (non-hydrogen) atoms. The van der Waals surface area contributed by atoms with Gasteiger partial charge in [-0.1, -0.05) is 30.3 Å². The summed E-state index contributed by atoms with van der Waals surface area (Å²) in [5.41, 5.74) is 3.97. The molecule has 0 radical (unpaired) electrons. The molecule has 1 aromatic carbocycles. The van der Waals surface area contributed by atoms with E-state index in [9.17, 15) is 0 Å². The molecule has 0 amide bonds. The van der Waals surface area contributed by atoms with E-state index < -0.39 is 0 Å². The summed E-state index contributed by atoms with van der Waals surface area (Å²) in [7, 11) is 1.92. The number of nitrogens with one attached hydrogen (secondary N) is 2. The van der Waals surface area contributed by atoms with Crippen molar-refractivity contribution in [3.05, 3.63) is 47.2 Å². The van der Waals surface area contributed by atoms with Crippen molar-refractivity contribution in [3.63, 3.8) is 0 Å². The zero-order valence-electron chi connectivity index (χ0n) is 10.6. The highest BCUT2D eigenvalue weighted by Crippen LogP contribution is 2.24. The van der Waals surface area contributed by atoms with Gasteiger partial charge in [0.1, 0.15) is 0 Å². The molecule has 0 bridgehead atoms. The topological polar surface area (TPSA) is 44.0 Å². The van der Waals surface area contributed by atoms with Crippen molar-refractivity contribution >= 4 is 5.82 Å². The van der Waals surface area contributed by atoms with Crippen molar-refractivity contribution in [1.29, 1.82) is 0 Å². The molecular formula is C14H18N4. The molecule has 0 saturated carbocycles. The molecule has 94 valence electrons. The molecule has 2 aromatic rings. The third-order valence-corrected chi connectivity index (χ3v) is 3.50. The van der Waals surface area contributed by atoms with Gasteiger partial charge in [-0.15, -0.1) is 0 Å². The fourth-order valence-corrected chi connectivity index (χ4v) is 2.53. The Morgan fingerprint density at radius 2 is 2.17 bits per heavy atom. The number of hydrogen-bond donors (Lipinski definition) is 2. The second-order valence-corrected chi connectivity index (χ2v) is 4.73. The zero-order chi connectivity index (χ0) is 12.4. The molecule has 1 aliphatic heterocycles. The lowest BCUT2D eigenvalue weighted by Crippen LogP contribution is -2.30. The van der Waals surface area contributed by atoms with Crippen LogP contribution in [0.5, 0.6) is 0 Å². The highest BCUT2D eigenvalue weighted by Gasteiger charge is 2.21. The minimum absolute atomic E-state index is 0.969. The number of aromatic amines is 1. The monoisotopic (exact) mass is 242 g/mol. The Morgan fingerprint density at radius 1 is 1.33 bits per heavy atom. The first kappa shape index (κ1) is 11.3. The number of benzene rings is 1. The van der Waals surface area contributed by atoms with E-state index in [0.29, 0.717) is 0 Å². The Kier molecular flexibility index (Phi) is 3.02. The van der Waals surface area contributed by atoms with Crippen LogP contribution in [0.25, 0.3) is 0 Å². The molecule has 0 saturated heterocycles. The summed E-state index contributed by atoms with van der Waals surface area (Å²) in [6, 6.07) is 10.6. The average Bonchev–Trinajstić information content (AvgIpc) is 2.82. The lowest BCUT2D eigenvalue weighted by Gasteiger charge is -2.26. The van der Waals surface area contributed by atoms with Crippen LogP contribution in [-0.4, -0.2) is 28.7 Å². The van der Waals surface area contributed by atoms with E-state index in [0.717, 1.165) is 31.9 Å². The number of nitrogens with zero attached hydrogens (tertiary/aromatic N) is 2. The highest BCUT2D eigenvalue weighted by atomic mass is 15.2. The van der Waals surface area contributed by atoms with Crippen LogP contribution in [0, 0.1) is 0 Å². The highest BCUT2D eigenvalue weighted by molar-refractivity contribution is 5.46. The summed E-state index contributed by atoms with van der Waals surface area (Å²) in [6.45, 7) is 3.07. The van der Waals surface area contributed by atoms with E-state index in [4.69, 9.17) is 0 Å². The number of aromatic nitrogens is 2. The van der Waals surface area contributed by atoms with Crippen LogP contribution in [0.4, 0.5) is 5.82 Å². The maximum Gasteiger partial charge on any atom is 0.152 e. The van der Waals surface area contributed by atoms with Crippen LogP contribution < -0.4 is 5.32 Å². The van der Waals surface area contributed by atoms with E-state index in [1.54, 1.807) is 0 Å². The maximum atomic E-state index is 4.30. The quantitative estimate of drug-likeness (QED) is 0.865. The molecule has 0 fully saturated rings. The van der Waals surface area contributed by atoms with Gasteiger partial charge in [0.25, 0.3) is 0 Å². The Balaban J connectivity index is 1.74. The lowest BCUT2D eigenvalue weighted by molar-refractivity contribution is 0.245. The Bertz CT molecular complexity index is 504. The van der Waals surface area contributed by atoms with Gasteiger partial charge in [-0.05, 0) is 5.56 Å². The number of rotatable bonds is 3. The van der Waals surface area contributed by atoms with E-state index in [1.165, 1.54) is 16.8 Å². The summed E-state index contributed by atoms with van der Waals surface area (Å²) < 4.78 is 0. The third kappa shape index (κ3) is 2.11. The summed E-state index contributed by atoms with van der Waals surface area (Å²) in [5.74, 6) is 0.989. The molecular weight excluding hydrogens is 224 g/mol.